The zero-order valence-corrected chi connectivity index (χ0v) is 17.9. The summed E-state index contributed by atoms with van der Waals surface area (Å²) in [5.41, 5.74) is 2.34. The molecule has 0 heterocycles. The van der Waals surface area contributed by atoms with Gasteiger partial charge in [-0.3, -0.25) is 0 Å². The zero-order valence-electron chi connectivity index (χ0n) is 17.9. The first kappa shape index (κ1) is 21.7. The molecule has 0 aliphatic heterocycles. The second kappa shape index (κ2) is 9.76. The standard InChI is InChI=1S/C27H29F3O/c1-2-18-3-5-19(6-4-18)7-8-20-9-15-25-22(17-20)12-16-24(26(25)28)21-10-13-23(14-11-21)31-27(29)30/h9-19,27H,2-8H2,1H3. The fourth-order valence-corrected chi connectivity index (χ4v) is 4.83. The van der Waals surface area contributed by atoms with Crippen LogP contribution in [0.2, 0.25) is 0 Å². The van der Waals surface area contributed by atoms with Crippen LogP contribution >= 0.6 is 0 Å². The van der Waals surface area contributed by atoms with Gasteiger partial charge in [-0.25, -0.2) is 4.39 Å². The van der Waals surface area contributed by atoms with E-state index in [4.69, 9.17) is 0 Å². The van der Waals surface area contributed by atoms with Crippen LogP contribution in [-0.2, 0) is 6.42 Å². The molecule has 0 spiro atoms. The molecule has 164 valence electrons. The molecule has 0 N–H and O–H groups in total. The predicted octanol–water partition coefficient (Wildman–Crippen LogP) is 8.40. The maximum absolute atomic E-state index is 15.2. The van der Waals surface area contributed by atoms with Crippen molar-refractivity contribution in [3.8, 4) is 16.9 Å². The number of benzene rings is 3. The van der Waals surface area contributed by atoms with Crippen LogP contribution in [0.1, 0.15) is 51.0 Å². The molecule has 0 bridgehead atoms. The highest BCUT2D eigenvalue weighted by Gasteiger charge is 2.19. The molecular weight excluding hydrogens is 397 g/mol. The Morgan fingerprint density at radius 2 is 1.61 bits per heavy atom. The molecule has 4 rings (SSSR count). The molecular formula is C27H29F3O. The minimum atomic E-state index is -2.87. The van der Waals surface area contributed by atoms with Gasteiger partial charge in [-0.1, -0.05) is 81.5 Å². The number of aryl methyl sites for hydroxylation is 1. The van der Waals surface area contributed by atoms with Crippen molar-refractivity contribution >= 4 is 10.8 Å². The Bertz CT molecular complexity index is 1000. The lowest BCUT2D eigenvalue weighted by Crippen LogP contribution is -2.14. The highest BCUT2D eigenvalue weighted by Crippen LogP contribution is 2.34. The average Bonchev–Trinajstić information content (AvgIpc) is 2.78. The molecule has 0 radical (unpaired) electrons. The van der Waals surface area contributed by atoms with Gasteiger partial charge in [-0.2, -0.15) is 8.78 Å². The van der Waals surface area contributed by atoms with E-state index in [1.165, 1.54) is 56.2 Å². The predicted molar refractivity (Wildman–Crippen MR) is 120 cm³/mol. The van der Waals surface area contributed by atoms with Gasteiger partial charge >= 0.3 is 6.61 Å². The molecule has 4 heteroatoms. The summed E-state index contributed by atoms with van der Waals surface area (Å²) in [6.07, 6.45) is 8.95. The van der Waals surface area contributed by atoms with Gasteiger partial charge < -0.3 is 4.74 Å². The third-order valence-electron chi connectivity index (χ3n) is 6.79. The number of hydrogen-bond donors (Lipinski definition) is 0. The largest absolute Gasteiger partial charge is 0.435 e. The van der Waals surface area contributed by atoms with Crippen LogP contribution in [0, 0.1) is 17.7 Å². The van der Waals surface area contributed by atoms with Gasteiger partial charge in [0.05, 0.1) is 0 Å². The normalized spacial score (nSPS) is 19.1. The molecule has 3 aromatic rings. The summed E-state index contributed by atoms with van der Waals surface area (Å²) in [6.45, 7) is -0.578. The van der Waals surface area contributed by atoms with E-state index in [0.717, 1.165) is 23.6 Å². The quantitative estimate of drug-likeness (QED) is 0.368. The van der Waals surface area contributed by atoms with Crippen LogP contribution in [0.25, 0.3) is 21.9 Å². The van der Waals surface area contributed by atoms with E-state index in [1.807, 2.05) is 18.2 Å². The van der Waals surface area contributed by atoms with Crippen molar-refractivity contribution in [3.05, 3.63) is 66.0 Å². The summed E-state index contributed by atoms with van der Waals surface area (Å²) in [4.78, 5) is 0. The first-order valence-electron chi connectivity index (χ1n) is 11.3. The molecule has 3 aromatic carbocycles. The first-order valence-corrected chi connectivity index (χ1v) is 11.3. The van der Waals surface area contributed by atoms with Crippen molar-refractivity contribution in [2.24, 2.45) is 11.8 Å². The van der Waals surface area contributed by atoms with Crippen LogP contribution in [0.5, 0.6) is 5.75 Å². The highest BCUT2D eigenvalue weighted by atomic mass is 19.3. The Labute approximate surface area is 182 Å². The number of ether oxygens (including phenoxy) is 1. The lowest BCUT2D eigenvalue weighted by molar-refractivity contribution is -0.0498. The minimum absolute atomic E-state index is 0.0627. The SMILES string of the molecule is CCC1CCC(CCc2ccc3c(F)c(-c4ccc(OC(F)F)cc4)ccc3c2)CC1. The van der Waals surface area contributed by atoms with Crippen LogP contribution in [0.3, 0.4) is 0 Å². The van der Waals surface area contributed by atoms with Gasteiger partial charge in [-0.15, -0.1) is 0 Å². The van der Waals surface area contributed by atoms with Crippen LogP contribution in [-0.4, -0.2) is 6.61 Å². The molecule has 31 heavy (non-hydrogen) atoms. The van der Waals surface area contributed by atoms with Crippen LogP contribution in [0.4, 0.5) is 13.2 Å². The fourth-order valence-electron chi connectivity index (χ4n) is 4.83. The smallest absolute Gasteiger partial charge is 0.387 e. The van der Waals surface area contributed by atoms with E-state index in [0.29, 0.717) is 16.5 Å². The van der Waals surface area contributed by atoms with Gasteiger partial charge in [0.15, 0.2) is 0 Å². The Morgan fingerprint density at radius 3 is 2.29 bits per heavy atom. The summed E-state index contributed by atoms with van der Waals surface area (Å²) in [5.74, 6) is 1.51. The number of rotatable bonds is 7. The van der Waals surface area contributed by atoms with E-state index >= 15 is 4.39 Å². The maximum atomic E-state index is 15.2. The molecule has 0 saturated heterocycles. The lowest BCUT2D eigenvalue weighted by Gasteiger charge is -2.27. The summed E-state index contributed by atoms with van der Waals surface area (Å²) in [5, 5.41) is 1.48. The van der Waals surface area contributed by atoms with Crippen LogP contribution < -0.4 is 4.74 Å². The van der Waals surface area contributed by atoms with E-state index in [9.17, 15) is 8.78 Å². The minimum Gasteiger partial charge on any atom is -0.435 e. The molecule has 1 saturated carbocycles. The Balaban J connectivity index is 1.46. The molecule has 0 atom stereocenters. The van der Waals surface area contributed by atoms with Gasteiger partial charge in [0.25, 0.3) is 0 Å². The molecule has 0 amide bonds. The Hall–Kier alpha value is -2.49. The highest BCUT2D eigenvalue weighted by molar-refractivity contribution is 5.88. The van der Waals surface area contributed by atoms with Crippen molar-refractivity contribution in [1.82, 2.24) is 0 Å². The summed E-state index contributed by atoms with van der Waals surface area (Å²) < 4.78 is 44.2. The fraction of sp³-hybridized carbons (Fsp3) is 0.407. The number of hydrogen-bond acceptors (Lipinski definition) is 1. The molecule has 0 aromatic heterocycles. The van der Waals surface area contributed by atoms with Crippen molar-refractivity contribution in [1.29, 1.82) is 0 Å². The van der Waals surface area contributed by atoms with Gasteiger partial charge in [0.2, 0.25) is 0 Å². The third kappa shape index (κ3) is 5.23. The molecule has 1 aliphatic carbocycles. The van der Waals surface area contributed by atoms with E-state index < -0.39 is 6.61 Å². The average molecular weight is 427 g/mol. The van der Waals surface area contributed by atoms with E-state index in [-0.39, 0.29) is 11.6 Å². The van der Waals surface area contributed by atoms with Crippen molar-refractivity contribution in [3.63, 3.8) is 0 Å². The van der Waals surface area contributed by atoms with Crippen molar-refractivity contribution in [2.75, 3.05) is 0 Å². The maximum Gasteiger partial charge on any atom is 0.387 e. The Kier molecular flexibility index (Phi) is 6.84. The second-order valence-electron chi connectivity index (χ2n) is 8.72. The van der Waals surface area contributed by atoms with Crippen molar-refractivity contribution in [2.45, 2.75) is 58.5 Å². The van der Waals surface area contributed by atoms with Crippen LogP contribution in [0.15, 0.2) is 54.6 Å². The van der Waals surface area contributed by atoms with Gasteiger partial charge in [-0.05, 0) is 53.3 Å². The number of fused-ring (bicyclic) bond motifs is 1. The number of halogens is 3. The summed E-state index contributed by atoms with van der Waals surface area (Å²) in [7, 11) is 0. The molecule has 1 aliphatic rings. The van der Waals surface area contributed by atoms with Gasteiger partial charge in [0.1, 0.15) is 11.6 Å². The Morgan fingerprint density at radius 1 is 0.903 bits per heavy atom. The monoisotopic (exact) mass is 426 g/mol. The zero-order chi connectivity index (χ0) is 21.8. The van der Waals surface area contributed by atoms with E-state index in [1.54, 1.807) is 18.2 Å². The molecule has 1 fully saturated rings. The summed E-state index contributed by atoms with van der Waals surface area (Å²) in [6, 6.07) is 15.8. The van der Waals surface area contributed by atoms with Gasteiger partial charge in [0, 0.05) is 10.9 Å². The topological polar surface area (TPSA) is 9.23 Å². The van der Waals surface area contributed by atoms with E-state index in [2.05, 4.69) is 17.7 Å². The third-order valence-corrected chi connectivity index (χ3v) is 6.79. The molecule has 0 unspecified atom stereocenters. The first-order chi connectivity index (χ1) is 15.0. The second-order valence-corrected chi connectivity index (χ2v) is 8.72. The summed E-state index contributed by atoms with van der Waals surface area (Å²) >= 11 is 0. The number of alkyl halides is 2. The van der Waals surface area contributed by atoms with Crippen molar-refractivity contribution < 1.29 is 17.9 Å². The lowest BCUT2D eigenvalue weighted by atomic mass is 9.78. The molecule has 1 nitrogen and oxygen atoms in total.